The van der Waals surface area contributed by atoms with Gasteiger partial charge >= 0.3 is 6.18 Å². The van der Waals surface area contributed by atoms with Crippen LogP contribution < -0.4 is 9.47 Å². The molecule has 0 bridgehead atoms. The molecule has 0 aliphatic rings. The number of halogens is 3. The molecule has 2 aromatic rings. The second kappa shape index (κ2) is 10.5. The number of hydrogen-bond acceptors (Lipinski definition) is 5. The number of rotatable bonds is 9. The topological polar surface area (TPSA) is 81.9 Å². The number of carbonyl (C=O) groups is 1. The number of allylic oxidation sites excluding steroid dienone is 1. The fourth-order valence-corrected chi connectivity index (χ4v) is 2.81. The highest BCUT2D eigenvalue weighted by molar-refractivity contribution is 5.78. The van der Waals surface area contributed by atoms with Crippen LogP contribution in [0.2, 0.25) is 0 Å². The molecule has 0 aliphatic heterocycles. The van der Waals surface area contributed by atoms with E-state index in [0.29, 0.717) is 10.6 Å². The average molecular weight is 438 g/mol. The first-order chi connectivity index (χ1) is 14.6. The molecule has 1 amide bonds. The maximum absolute atomic E-state index is 13.0. The minimum Gasteiger partial charge on any atom is -0.493 e. The number of amides is 1. The lowest BCUT2D eigenvalue weighted by molar-refractivity contribution is -0.385. The van der Waals surface area contributed by atoms with E-state index in [1.165, 1.54) is 37.4 Å². The molecule has 31 heavy (non-hydrogen) atoms. The van der Waals surface area contributed by atoms with Crippen molar-refractivity contribution in [1.82, 2.24) is 4.90 Å². The molecule has 0 saturated carbocycles. The minimum absolute atomic E-state index is 0.0154. The third kappa shape index (κ3) is 7.02. The van der Waals surface area contributed by atoms with E-state index in [-0.39, 0.29) is 17.0 Å². The smallest absolute Gasteiger partial charge is 0.406 e. The van der Waals surface area contributed by atoms with Crippen LogP contribution in [0.3, 0.4) is 0 Å². The van der Waals surface area contributed by atoms with Crippen LogP contribution in [0.25, 0.3) is 6.08 Å². The number of ether oxygens (including phenoxy) is 2. The number of nitro benzene ring substituents is 1. The molecule has 2 aromatic carbocycles. The molecule has 0 heterocycles. The van der Waals surface area contributed by atoms with E-state index in [0.717, 1.165) is 5.56 Å². The monoisotopic (exact) mass is 438 g/mol. The molecular weight excluding hydrogens is 417 g/mol. The van der Waals surface area contributed by atoms with Crippen LogP contribution in [-0.2, 0) is 11.3 Å². The molecule has 0 spiro atoms. The predicted molar refractivity (Wildman–Crippen MR) is 108 cm³/mol. The molecule has 2 rings (SSSR count). The van der Waals surface area contributed by atoms with Crippen LogP contribution in [-0.4, -0.2) is 42.2 Å². The van der Waals surface area contributed by atoms with Crippen LogP contribution in [0.15, 0.2) is 48.5 Å². The van der Waals surface area contributed by atoms with Crippen LogP contribution in [0.1, 0.15) is 18.1 Å². The van der Waals surface area contributed by atoms with Crippen molar-refractivity contribution in [3.8, 4) is 11.5 Å². The Labute approximate surface area is 176 Å². The van der Waals surface area contributed by atoms with E-state index in [4.69, 9.17) is 9.47 Å². The Bertz CT molecular complexity index is 960. The van der Waals surface area contributed by atoms with Gasteiger partial charge in [-0.25, -0.2) is 0 Å². The van der Waals surface area contributed by atoms with Crippen LogP contribution in [0.4, 0.5) is 18.9 Å². The highest BCUT2D eigenvalue weighted by Gasteiger charge is 2.34. The Morgan fingerprint density at radius 3 is 2.52 bits per heavy atom. The Morgan fingerprint density at radius 1 is 1.19 bits per heavy atom. The highest BCUT2D eigenvalue weighted by Crippen LogP contribution is 2.29. The summed E-state index contributed by atoms with van der Waals surface area (Å²) >= 11 is 0. The molecule has 0 saturated heterocycles. The number of nitro groups is 1. The summed E-state index contributed by atoms with van der Waals surface area (Å²) in [6, 6.07) is 10.2. The van der Waals surface area contributed by atoms with Gasteiger partial charge in [-0.05, 0) is 24.6 Å². The first-order valence-electron chi connectivity index (χ1n) is 9.15. The molecule has 166 valence electrons. The molecule has 0 unspecified atom stereocenters. The number of carbonyl (C=O) groups excluding carboxylic acids is 1. The van der Waals surface area contributed by atoms with Gasteiger partial charge < -0.3 is 14.4 Å². The molecule has 10 heteroatoms. The number of methoxy groups -OCH3 is 1. The van der Waals surface area contributed by atoms with Gasteiger partial charge in [0.05, 0.1) is 18.6 Å². The van der Waals surface area contributed by atoms with Crippen molar-refractivity contribution in [3.05, 3.63) is 69.8 Å². The van der Waals surface area contributed by atoms with Crippen molar-refractivity contribution in [2.24, 2.45) is 0 Å². The average Bonchev–Trinajstić information content (AvgIpc) is 2.71. The molecule has 0 atom stereocenters. The summed E-state index contributed by atoms with van der Waals surface area (Å²) in [5.74, 6) is -0.485. The fourth-order valence-electron chi connectivity index (χ4n) is 2.81. The summed E-state index contributed by atoms with van der Waals surface area (Å²) in [6.45, 7) is -1.02. The maximum atomic E-state index is 13.0. The van der Waals surface area contributed by atoms with E-state index in [1.54, 1.807) is 12.1 Å². The summed E-state index contributed by atoms with van der Waals surface area (Å²) in [6.07, 6.45) is -1.06. The van der Waals surface area contributed by atoms with E-state index < -0.39 is 36.7 Å². The largest absolute Gasteiger partial charge is 0.493 e. The fraction of sp³-hybridized carbons (Fsp3) is 0.286. The van der Waals surface area contributed by atoms with Gasteiger partial charge in [-0.2, -0.15) is 13.2 Å². The first kappa shape index (κ1) is 23.7. The molecule has 0 aliphatic carbocycles. The third-order valence-corrected chi connectivity index (χ3v) is 4.17. The predicted octanol–water partition coefficient (Wildman–Crippen LogP) is 4.61. The minimum atomic E-state index is -4.69. The lowest BCUT2D eigenvalue weighted by Gasteiger charge is -2.24. The van der Waals surface area contributed by atoms with Gasteiger partial charge in [0, 0.05) is 11.6 Å². The van der Waals surface area contributed by atoms with Gasteiger partial charge in [0.25, 0.3) is 11.6 Å². The van der Waals surface area contributed by atoms with Gasteiger partial charge in [0.1, 0.15) is 6.54 Å². The van der Waals surface area contributed by atoms with Gasteiger partial charge in [0.2, 0.25) is 0 Å². The second-order valence-corrected chi connectivity index (χ2v) is 6.45. The van der Waals surface area contributed by atoms with Crippen molar-refractivity contribution in [1.29, 1.82) is 0 Å². The molecule has 7 nitrogen and oxygen atoms in total. The van der Waals surface area contributed by atoms with Crippen molar-refractivity contribution < 1.29 is 32.4 Å². The maximum Gasteiger partial charge on any atom is 0.406 e. The zero-order chi connectivity index (χ0) is 23.0. The van der Waals surface area contributed by atoms with Gasteiger partial charge in [-0.1, -0.05) is 36.4 Å². The number of alkyl halides is 3. The van der Waals surface area contributed by atoms with Crippen molar-refractivity contribution >= 4 is 17.7 Å². The summed E-state index contributed by atoms with van der Waals surface area (Å²) in [5.41, 5.74) is 0.427. The van der Waals surface area contributed by atoms with E-state index in [2.05, 4.69) is 0 Å². The first-order valence-corrected chi connectivity index (χ1v) is 9.15. The lowest BCUT2D eigenvalue weighted by atomic mass is 10.1. The Morgan fingerprint density at radius 2 is 1.90 bits per heavy atom. The van der Waals surface area contributed by atoms with Crippen molar-refractivity contribution in [2.45, 2.75) is 19.6 Å². The van der Waals surface area contributed by atoms with Gasteiger partial charge in [0.15, 0.2) is 18.1 Å². The second-order valence-electron chi connectivity index (χ2n) is 6.45. The van der Waals surface area contributed by atoms with Gasteiger partial charge in [-0.3, -0.25) is 14.9 Å². The normalized spacial score (nSPS) is 11.4. The standard InChI is InChI=1S/C21H21F3N2O5/c1-3-6-15-9-10-18(19(11-15)30-2)31-13-20(27)25(14-21(22,23)24)12-16-7-4-5-8-17(16)26(28)29/h3-11H,12-14H2,1-2H3/b6-3+. The summed E-state index contributed by atoms with van der Waals surface area (Å²) < 4.78 is 49.7. The summed E-state index contributed by atoms with van der Waals surface area (Å²) in [5, 5.41) is 11.2. The van der Waals surface area contributed by atoms with E-state index >= 15 is 0 Å². The number of nitrogens with zero attached hydrogens (tertiary/aromatic N) is 2. The number of hydrogen-bond donors (Lipinski definition) is 0. The molecular formula is C21H21F3N2O5. The molecule has 0 aromatic heterocycles. The van der Waals surface area contributed by atoms with E-state index in [9.17, 15) is 28.1 Å². The van der Waals surface area contributed by atoms with Crippen LogP contribution >= 0.6 is 0 Å². The molecule has 0 N–H and O–H groups in total. The van der Waals surface area contributed by atoms with Gasteiger partial charge in [-0.15, -0.1) is 0 Å². The highest BCUT2D eigenvalue weighted by atomic mass is 19.4. The van der Waals surface area contributed by atoms with Crippen molar-refractivity contribution in [3.63, 3.8) is 0 Å². The quantitative estimate of drug-likeness (QED) is 0.422. The number of benzene rings is 2. The lowest BCUT2D eigenvalue weighted by Crippen LogP contribution is -2.41. The van der Waals surface area contributed by atoms with Crippen LogP contribution in [0.5, 0.6) is 11.5 Å². The Balaban J connectivity index is 2.20. The van der Waals surface area contributed by atoms with Crippen molar-refractivity contribution in [2.75, 3.05) is 20.3 Å². The Hall–Kier alpha value is -3.56. The number of para-hydroxylation sites is 1. The molecule has 0 radical (unpaired) electrons. The van der Waals surface area contributed by atoms with Crippen LogP contribution in [0, 0.1) is 10.1 Å². The Kier molecular flexibility index (Phi) is 8.00. The van der Waals surface area contributed by atoms with E-state index in [1.807, 2.05) is 19.1 Å². The third-order valence-electron chi connectivity index (χ3n) is 4.17. The zero-order valence-electron chi connectivity index (χ0n) is 16.9. The summed E-state index contributed by atoms with van der Waals surface area (Å²) in [7, 11) is 1.40. The zero-order valence-corrected chi connectivity index (χ0v) is 16.9. The summed E-state index contributed by atoms with van der Waals surface area (Å²) in [4.78, 5) is 23.4. The molecule has 0 fully saturated rings. The SMILES string of the molecule is C/C=C/c1ccc(OCC(=O)N(Cc2ccccc2[N+](=O)[O-])CC(F)(F)F)c(OC)c1.